The van der Waals surface area contributed by atoms with E-state index in [4.69, 9.17) is 18.9 Å². The van der Waals surface area contributed by atoms with Gasteiger partial charge in [-0.1, -0.05) is 54.1 Å². The zero-order chi connectivity index (χ0) is 25.5. The van der Waals surface area contributed by atoms with Gasteiger partial charge in [0.1, 0.15) is 5.92 Å². The van der Waals surface area contributed by atoms with E-state index in [1.807, 2.05) is 19.1 Å². The molecule has 2 N–H and O–H groups in total. The third-order valence-electron chi connectivity index (χ3n) is 7.66. The molecule has 37 heavy (non-hydrogen) atoms. The first-order valence-corrected chi connectivity index (χ1v) is 11.9. The minimum absolute atomic E-state index is 0.0797. The predicted molar refractivity (Wildman–Crippen MR) is 127 cm³/mol. The number of nitrogens with one attached hydrogen (secondary N) is 1. The highest BCUT2D eigenvalue weighted by Crippen LogP contribution is 2.65. The number of Topliss-reactive ketones (excluding diaryl/α,β-unsaturated/α-hetero) is 1. The average molecular weight is 499 g/mol. The maximum atomic E-state index is 13.9. The van der Waals surface area contributed by atoms with Gasteiger partial charge in [0.05, 0.1) is 12.0 Å². The predicted octanol–water partition coefficient (Wildman–Crippen LogP) is 3.00. The summed E-state index contributed by atoms with van der Waals surface area (Å²) in [6.07, 6.45) is -1.00. The number of benzene rings is 3. The number of aliphatic hydroxyl groups is 1. The largest absolute Gasteiger partial charge is 0.454 e. The number of esters is 1. The first-order chi connectivity index (χ1) is 17.8. The summed E-state index contributed by atoms with van der Waals surface area (Å²) >= 11 is 0. The van der Waals surface area contributed by atoms with E-state index in [9.17, 15) is 19.5 Å². The summed E-state index contributed by atoms with van der Waals surface area (Å²) in [4.78, 5) is 41.0. The lowest BCUT2D eigenvalue weighted by Gasteiger charge is -2.31. The van der Waals surface area contributed by atoms with Gasteiger partial charge in [-0.05, 0) is 24.6 Å². The topological polar surface area (TPSA) is 120 Å². The number of rotatable bonds is 3. The van der Waals surface area contributed by atoms with Crippen LogP contribution < -0.4 is 14.8 Å². The molecule has 0 bridgehead atoms. The summed E-state index contributed by atoms with van der Waals surface area (Å²) in [6.45, 7) is 2.00. The Bertz CT molecular complexity index is 1500. The van der Waals surface area contributed by atoms with Gasteiger partial charge in [0, 0.05) is 22.9 Å². The lowest BCUT2D eigenvalue weighted by molar-refractivity contribution is -0.253. The number of amides is 1. The van der Waals surface area contributed by atoms with Crippen LogP contribution in [0.5, 0.6) is 11.5 Å². The van der Waals surface area contributed by atoms with Crippen molar-refractivity contribution in [3.05, 3.63) is 89.0 Å². The molecule has 3 heterocycles. The molecular weight excluding hydrogens is 478 g/mol. The van der Waals surface area contributed by atoms with Crippen molar-refractivity contribution in [3.8, 4) is 11.5 Å². The molecule has 2 fully saturated rings. The highest BCUT2D eigenvalue weighted by molar-refractivity contribution is 6.14. The lowest BCUT2D eigenvalue weighted by Crippen LogP contribution is -2.53. The van der Waals surface area contributed by atoms with Gasteiger partial charge in [-0.3, -0.25) is 14.4 Å². The van der Waals surface area contributed by atoms with Crippen molar-refractivity contribution in [1.82, 2.24) is 0 Å². The number of fused-ring (bicyclic) bond motifs is 3. The number of ether oxygens (including phenoxy) is 4. The first kappa shape index (κ1) is 22.0. The molecule has 5 atom stereocenters. The van der Waals surface area contributed by atoms with Crippen LogP contribution >= 0.6 is 0 Å². The van der Waals surface area contributed by atoms with E-state index in [0.29, 0.717) is 22.7 Å². The Balaban J connectivity index is 1.35. The Hall–Kier alpha value is -4.21. The molecule has 0 saturated carbocycles. The SMILES string of the molecule is Cc1ccc(C2OC34C(=O)c5ccccc5C3(O)OC(=O)C4C2C(=O)Nc2ccc3c(c2)OCO3)cc1. The molecule has 1 spiro atoms. The van der Waals surface area contributed by atoms with Crippen LogP contribution in [0.25, 0.3) is 0 Å². The maximum Gasteiger partial charge on any atom is 0.316 e. The van der Waals surface area contributed by atoms with Crippen molar-refractivity contribution in [2.24, 2.45) is 11.8 Å². The molecule has 5 unspecified atom stereocenters. The summed E-state index contributed by atoms with van der Waals surface area (Å²) in [5, 5.41) is 14.6. The second kappa shape index (κ2) is 7.41. The number of anilines is 1. The van der Waals surface area contributed by atoms with Crippen LogP contribution in [0.1, 0.15) is 33.2 Å². The summed E-state index contributed by atoms with van der Waals surface area (Å²) in [5.41, 5.74) is 0.249. The van der Waals surface area contributed by atoms with E-state index in [0.717, 1.165) is 5.56 Å². The number of aryl methyl sites for hydroxylation is 1. The van der Waals surface area contributed by atoms with Gasteiger partial charge in [-0.15, -0.1) is 0 Å². The minimum atomic E-state index is -2.35. The molecule has 3 aliphatic heterocycles. The second-order valence-corrected chi connectivity index (χ2v) is 9.69. The van der Waals surface area contributed by atoms with Crippen LogP contribution in [0.2, 0.25) is 0 Å². The van der Waals surface area contributed by atoms with Crippen molar-refractivity contribution < 1.29 is 38.4 Å². The third-order valence-corrected chi connectivity index (χ3v) is 7.66. The van der Waals surface area contributed by atoms with Crippen molar-refractivity contribution in [2.75, 3.05) is 12.1 Å². The Kier molecular flexibility index (Phi) is 4.41. The van der Waals surface area contributed by atoms with E-state index in [1.165, 1.54) is 6.07 Å². The van der Waals surface area contributed by atoms with E-state index in [2.05, 4.69) is 5.32 Å². The van der Waals surface area contributed by atoms with Gasteiger partial charge in [0.2, 0.25) is 24.1 Å². The Morgan fingerprint density at radius 3 is 2.57 bits per heavy atom. The molecule has 2 saturated heterocycles. The summed E-state index contributed by atoms with van der Waals surface area (Å²) < 4.78 is 22.6. The third kappa shape index (κ3) is 2.78. The van der Waals surface area contributed by atoms with Crippen LogP contribution in [-0.4, -0.2) is 35.2 Å². The van der Waals surface area contributed by atoms with Crippen LogP contribution in [0, 0.1) is 18.8 Å². The van der Waals surface area contributed by atoms with Crippen molar-refractivity contribution in [3.63, 3.8) is 0 Å². The summed E-state index contributed by atoms with van der Waals surface area (Å²) in [7, 11) is 0. The number of carbonyl (C=O) groups is 3. The Labute approximate surface area is 210 Å². The van der Waals surface area contributed by atoms with Gasteiger partial charge in [-0.25, -0.2) is 0 Å². The van der Waals surface area contributed by atoms with Crippen molar-refractivity contribution >= 4 is 23.3 Å². The molecule has 0 radical (unpaired) electrons. The molecule has 186 valence electrons. The Morgan fingerprint density at radius 2 is 1.76 bits per heavy atom. The van der Waals surface area contributed by atoms with E-state index in [-0.39, 0.29) is 17.9 Å². The van der Waals surface area contributed by atoms with Crippen molar-refractivity contribution in [1.29, 1.82) is 0 Å². The molecule has 1 aliphatic carbocycles. The van der Waals surface area contributed by atoms with Gasteiger partial charge < -0.3 is 29.4 Å². The zero-order valence-corrected chi connectivity index (χ0v) is 19.6. The van der Waals surface area contributed by atoms with Crippen LogP contribution in [0.4, 0.5) is 5.69 Å². The van der Waals surface area contributed by atoms with E-state index in [1.54, 1.807) is 48.5 Å². The van der Waals surface area contributed by atoms with Crippen molar-refractivity contribution in [2.45, 2.75) is 24.4 Å². The highest BCUT2D eigenvalue weighted by atomic mass is 16.7. The molecule has 3 aromatic rings. The molecular formula is C28H21NO8. The number of carbonyl (C=O) groups excluding carboxylic acids is 3. The maximum absolute atomic E-state index is 13.9. The van der Waals surface area contributed by atoms with E-state index < -0.39 is 47.0 Å². The summed E-state index contributed by atoms with van der Waals surface area (Å²) in [5.74, 6) is -5.88. The first-order valence-electron chi connectivity index (χ1n) is 11.9. The van der Waals surface area contributed by atoms with Gasteiger partial charge in [0.15, 0.2) is 11.5 Å². The fourth-order valence-electron chi connectivity index (χ4n) is 5.96. The molecule has 1 amide bonds. The molecule has 4 aliphatic rings. The fourth-order valence-corrected chi connectivity index (χ4v) is 5.96. The quantitative estimate of drug-likeness (QED) is 0.528. The molecule has 3 aromatic carbocycles. The zero-order valence-electron chi connectivity index (χ0n) is 19.6. The molecule has 9 heteroatoms. The average Bonchev–Trinajstić information content (AvgIpc) is 3.60. The fraction of sp³-hybridized carbons (Fsp3) is 0.250. The highest BCUT2D eigenvalue weighted by Gasteiger charge is 2.83. The van der Waals surface area contributed by atoms with E-state index >= 15 is 0 Å². The number of hydrogen-bond acceptors (Lipinski definition) is 8. The molecule has 0 aromatic heterocycles. The minimum Gasteiger partial charge on any atom is -0.454 e. The second-order valence-electron chi connectivity index (χ2n) is 9.69. The van der Waals surface area contributed by atoms with Crippen LogP contribution in [0.3, 0.4) is 0 Å². The standard InChI is InChI=1S/C28H21NO8/c1-14-6-8-15(9-7-14)23-21(25(31)29-16-10-11-19-20(12-16)35-13-34-19)22-26(32)37-28(33)18-5-3-2-4-17(18)24(30)27(22,28)36-23/h2-12,21-23,33H,13H2,1H3,(H,29,31). The molecule has 9 nitrogen and oxygen atoms in total. The molecule has 7 rings (SSSR count). The lowest BCUT2D eigenvalue weighted by atomic mass is 9.75. The Morgan fingerprint density at radius 1 is 1.00 bits per heavy atom. The van der Waals surface area contributed by atoms with Crippen LogP contribution in [-0.2, 0) is 24.8 Å². The van der Waals surface area contributed by atoms with Gasteiger partial charge in [0.25, 0.3) is 5.79 Å². The monoisotopic (exact) mass is 499 g/mol. The smallest absolute Gasteiger partial charge is 0.316 e. The summed E-state index contributed by atoms with van der Waals surface area (Å²) in [6, 6.07) is 18.6. The van der Waals surface area contributed by atoms with Gasteiger partial charge >= 0.3 is 5.97 Å². The normalized spacial score (nSPS) is 30.5. The number of hydrogen-bond donors (Lipinski definition) is 2. The van der Waals surface area contributed by atoms with Gasteiger partial charge in [-0.2, -0.15) is 0 Å². The van der Waals surface area contributed by atoms with Crippen LogP contribution in [0.15, 0.2) is 66.7 Å². The number of ketones is 1.